The molecule has 0 amide bonds. The Bertz CT molecular complexity index is 183. The average molecular weight is 246 g/mol. The molecule has 0 saturated heterocycles. The van der Waals surface area contributed by atoms with Crippen molar-refractivity contribution < 1.29 is 17.6 Å². The van der Waals surface area contributed by atoms with Crippen molar-refractivity contribution in [2.24, 2.45) is 0 Å². The molecule has 0 fully saturated rings. The van der Waals surface area contributed by atoms with Gasteiger partial charge in [-0.25, -0.2) is 0 Å². The lowest BCUT2D eigenvalue weighted by Crippen LogP contribution is -2.21. The molecule has 0 bridgehead atoms. The molecule has 1 heterocycles. The predicted octanol–water partition coefficient (Wildman–Crippen LogP) is 2.85. The second-order valence-electron chi connectivity index (χ2n) is 2.76. The largest absolute Gasteiger partial charge is 0.362 e. The molecule has 2 nitrogen and oxygen atoms in total. The van der Waals surface area contributed by atoms with E-state index in [0.29, 0.717) is 0 Å². The third-order valence-corrected chi connectivity index (χ3v) is 1.96. The molecule has 90 valence electrons. The van der Waals surface area contributed by atoms with Crippen LogP contribution in [-0.4, -0.2) is 41.6 Å². The van der Waals surface area contributed by atoms with Gasteiger partial charge in [-0.05, 0) is 18.7 Å². The van der Waals surface area contributed by atoms with Gasteiger partial charge in [0.15, 0.2) is 0 Å². The van der Waals surface area contributed by atoms with E-state index >= 15 is 0 Å². The number of nitrogens with zero attached hydrogens (tertiary/aromatic N) is 2. The Balaban J connectivity index is 0.000000265. The molecule has 1 rings (SSSR count). The predicted molar refractivity (Wildman–Crippen MR) is 53.7 cm³/mol. The van der Waals surface area contributed by atoms with Crippen molar-refractivity contribution in [3.05, 3.63) is 12.4 Å². The molecule has 0 unspecified atom stereocenters. The smallest absolute Gasteiger partial charge is 0.289 e. The molecule has 0 spiro atoms. The summed E-state index contributed by atoms with van der Waals surface area (Å²) in [5, 5.41) is 0. The summed E-state index contributed by atoms with van der Waals surface area (Å²) < 4.78 is 43.1. The van der Waals surface area contributed by atoms with Crippen LogP contribution >= 0.6 is 11.8 Å². The number of hydrogen-bond donors (Lipinski definition) is 0. The quantitative estimate of drug-likeness (QED) is 0.707. The molecule has 0 aromatic carbocycles. The van der Waals surface area contributed by atoms with Gasteiger partial charge in [-0.1, -0.05) is 0 Å². The molecule has 7 heteroatoms. The van der Waals surface area contributed by atoms with Crippen molar-refractivity contribution >= 4 is 11.8 Å². The first kappa shape index (κ1) is 14.4. The van der Waals surface area contributed by atoms with Crippen LogP contribution in [0.4, 0.5) is 17.6 Å². The third kappa shape index (κ3) is 8.41. The summed E-state index contributed by atoms with van der Waals surface area (Å²) >= 11 is -0.657. The second kappa shape index (κ2) is 7.67. The number of alkyl halides is 4. The fraction of sp³-hybridized carbons (Fsp3) is 0.750. The first-order valence-corrected chi connectivity index (χ1v) is 5.24. The number of thioether (sulfide) groups is 1. The van der Waals surface area contributed by atoms with Crippen LogP contribution in [0.2, 0.25) is 0 Å². The zero-order valence-electron chi connectivity index (χ0n) is 8.54. The summed E-state index contributed by atoms with van der Waals surface area (Å²) in [7, 11) is 2.08. The topological polar surface area (TPSA) is 6.48 Å². The normalized spacial score (nSPS) is 14.9. The molecule has 0 N–H and O–H groups in total. The maximum Gasteiger partial charge on any atom is 0.289 e. The molecule has 0 radical (unpaired) electrons. The monoisotopic (exact) mass is 246 g/mol. The van der Waals surface area contributed by atoms with Crippen LogP contribution in [-0.2, 0) is 0 Å². The van der Waals surface area contributed by atoms with Gasteiger partial charge < -0.3 is 9.80 Å². The fourth-order valence-electron chi connectivity index (χ4n) is 0.872. The summed E-state index contributed by atoms with van der Waals surface area (Å²) in [5.41, 5.74) is 0. The standard InChI is InChI=1S/C6H12N2.C2H2F4S/c1-3-8-5-4-7(2)6-8;3-1(4)7-2(5)6/h4-5H,3,6H2,1-2H3;1-2H. The van der Waals surface area contributed by atoms with E-state index < -0.39 is 23.3 Å². The van der Waals surface area contributed by atoms with Crippen LogP contribution in [0.5, 0.6) is 0 Å². The van der Waals surface area contributed by atoms with Crippen molar-refractivity contribution in [1.29, 1.82) is 0 Å². The van der Waals surface area contributed by atoms with E-state index in [0.717, 1.165) is 13.2 Å². The molecule has 0 aliphatic carbocycles. The first-order chi connectivity index (χ1) is 6.95. The summed E-state index contributed by atoms with van der Waals surface area (Å²) in [5.74, 6) is -5.92. The summed E-state index contributed by atoms with van der Waals surface area (Å²) in [6, 6.07) is 0. The summed E-state index contributed by atoms with van der Waals surface area (Å²) in [6.07, 6.45) is 4.20. The van der Waals surface area contributed by atoms with Crippen LogP contribution < -0.4 is 0 Å². The van der Waals surface area contributed by atoms with E-state index in [2.05, 4.69) is 36.2 Å². The van der Waals surface area contributed by atoms with Gasteiger partial charge in [0.05, 0.1) is 6.67 Å². The maximum absolute atomic E-state index is 10.8. The zero-order chi connectivity index (χ0) is 11.8. The Labute approximate surface area is 90.9 Å². The van der Waals surface area contributed by atoms with E-state index in [1.165, 1.54) is 0 Å². The Morgan fingerprint density at radius 3 is 1.87 bits per heavy atom. The number of hydrogen-bond acceptors (Lipinski definition) is 3. The maximum atomic E-state index is 10.8. The summed E-state index contributed by atoms with van der Waals surface area (Å²) in [4.78, 5) is 4.41. The minimum atomic E-state index is -2.96. The van der Waals surface area contributed by atoms with Gasteiger partial charge >= 0.3 is 0 Å². The van der Waals surface area contributed by atoms with E-state index in [9.17, 15) is 17.6 Å². The second-order valence-corrected chi connectivity index (χ2v) is 3.74. The van der Waals surface area contributed by atoms with Crippen molar-refractivity contribution in [2.75, 3.05) is 20.3 Å². The van der Waals surface area contributed by atoms with Gasteiger partial charge in [0.25, 0.3) is 11.5 Å². The van der Waals surface area contributed by atoms with Crippen LogP contribution in [0, 0.1) is 0 Å². The Morgan fingerprint density at radius 2 is 1.73 bits per heavy atom. The zero-order valence-corrected chi connectivity index (χ0v) is 9.35. The van der Waals surface area contributed by atoms with Gasteiger partial charge in [-0.2, -0.15) is 17.6 Å². The van der Waals surface area contributed by atoms with E-state index in [-0.39, 0.29) is 0 Å². The molecular weight excluding hydrogens is 232 g/mol. The minimum Gasteiger partial charge on any atom is -0.362 e. The van der Waals surface area contributed by atoms with Crippen LogP contribution in [0.15, 0.2) is 12.4 Å². The average Bonchev–Trinajstić information content (AvgIpc) is 2.49. The Hall–Kier alpha value is -0.590. The molecule has 0 aromatic heterocycles. The first-order valence-electron chi connectivity index (χ1n) is 4.30. The van der Waals surface area contributed by atoms with Crippen molar-refractivity contribution in [1.82, 2.24) is 9.80 Å². The molecule has 1 aliphatic rings. The highest BCUT2D eigenvalue weighted by Crippen LogP contribution is 2.21. The van der Waals surface area contributed by atoms with Gasteiger partial charge in [0.2, 0.25) is 0 Å². The van der Waals surface area contributed by atoms with Crippen molar-refractivity contribution in [3.8, 4) is 0 Å². The van der Waals surface area contributed by atoms with Crippen molar-refractivity contribution in [3.63, 3.8) is 0 Å². The highest BCUT2D eigenvalue weighted by atomic mass is 32.2. The lowest BCUT2D eigenvalue weighted by atomic mass is 10.6. The SMILES string of the molecule is CCN1C=CN(C)C1.FC(F)SC(F)F. The van der Waals surface area contributed by atoms with Gasteiger partial charge in [0, 0.05) is 26.0 Å². The molecular formula is C8H14F4N2S. The lowest BCUT2D eigenvalue weighted by Gasteiger charge is -2.14. The fourth-order valence-corrected chi connectivity index (χ4v) is 1.03. The Kier molecular flexibility index (Phi) is 7.37. The van der Waals surface area contributed by atoms with Gasteiger partial charge in [-0.3, -0.25) is 0 Å². The van der Waals surface area contributed by atoms with Crippen LogP contribution in [0.25, 0.3) is 0 Å². The molecule has 1 aliphatic heterocycles. The summed E-state index contributed by atoms with van der Waals surface area (Å²) in [6.45, 7) is 4.32. The highest BCUT2D eigenvalue weighted by molar-refractivity contribution is 7.99. The van der Waals surface area contributed by atoms with Gasteiger partial charge in [-0.15, -0.1) is 0 Å². The van der Waals surface area contributed by atoms with Gasteiger partial charge in [0.1, 0.15) is 0 Å². The Morgan fingerprint density at radius 1 is 1.20 bits per heavy atom. The molecule has 0 atom stereocenters. The van der Waals surface area contributed by atoms with Crippen LogP contribution in [0.3, 0.4) is 0 Å². The minimum absolute atomic E-state index is 0.657. The van der Waals surface area contributed by atoms with Crippen LogP contribution in [0.1, 0.15) is 6.92 Å². The molecule has 15 heavy (non-hydrogen) atoms. The molecule has 0 saturated carbocycles. The highest BCUT2D eigenvalue weighted by Gasteiger charge is 2.11. The number of rotatable bonds is 3. The van der Waals surface area contributed by atoms with E-state index in [1.54, 1.807) is 0 Å². The van der Waals surface area contributed by atoms with Crippen molar-refractivity contribution in [2.45, 2.75) is 18.4 Å². The lowest BCUT2D eigenvalue weighted by molar-refractivity contribution is 0.218. The van der Waals surface area contributed by atoms with E-state index in [1.807, 2.05) is 0 Å². The third-order valence-electron chi connectivity index (χ3n) is 1.55. The molecule has 0 aromatic rings. The number of halogens is 4. The van der Waals surface area contributed by atoms with E-state index in [4.69, 9.17) is 0 Å².